The highest BCUT2D eigenvalue weighted by Gasteiger charge is 2.29. The highest BCUT2D eigenvalue weighted by atomic mass is 35.5. The smallest absolute Gasteiger partial charge is 0.446 e. The summed E-state index contributed by atoms with van der Waals surface area (Å²) in [5.74, 6) is -0.324. The molecule has 2 rings (SSSR count). The zero-order valence-electron chi connectivity index (χ0n) is 13.9. The fourth-order valence-electron chi connectivity index (χ4n) is 1.98. The number of rotatable bonds is 6. The Morgan fingerprint density at radius 3 is 2.44 bits per heavy atom. The standard InChI is InChI=1S/C17H14ClF3N2O3S/c1-25-13-7-11(6-12(18)8-13)15(22)26-9-23-16(24)10-2-4-14(5-3-10)27-17(19,20)21/h2-8,22H,9H2,1H3,(H,23,24). The van der Waals surface area contributed by atoms with Gasteiger partial charge in [0.05, 0.1) is 7.11 Å². The molecule has 5 nitrogen and oxygen atoms in total. The van der Waals surface area contributed by atoms with Crippen molar-refractivity contribution in [3.05, 3.63) is 58.6 Å². The molecule has 0 bridgehead atoms. The van der Waals surface area contributed by atoms with E-state index in [1.165, 1.54) is 37.4 Å². The maximum Gasteiger partial charge on any atom is 0.446 e. The number of hydrogen-bond acceptors (Lipinski definition) is 5. The number of ether oxygens (including phenoxy) is 2. The monoisotopic (exact) mass is 418 g/mol. The van der Waals surface area contributed by atoms with Crippen LogP contribution in [-0.4, -0.2) is 31.2 Å². The number of carbonyl (C=O) groups excluding carboxylic acids is 1. The van der Waals surface area contributed by atoms with Gasteiger partial charge in [-0.05, 0) is 54.2 Å². The summed E-state index contributed by atoms with van der Waals surface area (Å²) in [5.41, 5.74) is -3.86. The van der Waals surface area contributed by atoms with Crippen LogP contribution in [0.2, 0.25) is 5.02 Å². The number of methoxy groups -OCH3 is 1. The van der Waals surface area contributed by atoms with Crippen molar-refractivity contribution in [1.82, 2.24) is 5.32 Å². The molecular formula is C17H14ClF3N2O3S. The number of carbonyl (C=O) groups is 1. The molecule has 144 valence electrons. The highest BCUT2D eigenvalue weighted by Crippen LogP contribution is 2.36. The Morgan fingerprint density at radius 1 is 1.19 bits per heavy atom. The Labute approximate surface area is 162 Å². The topological polar surface area (TPSA) is 71.4 Å². The molecule has 2 aromatic carbocycles. The summed E-state index contributed by atoms with van der Waals surface area (Å²) in [6.07, 6.45) is 0. The minimum atomic E-state index is -4.39. The van der Waals surface area contributed by atoms with Gasteiger partial charge in [-0.15, -0.1) is 0 Å². The zero-order chi connectivity index (χ0) is 20.0. The van der Waals surface area contributed by atoms with Gasteiger partial charge in [0, 0.05) is 21.0 Å². The van der Waals surface area contributed by atoms with Crippen LogP contribution in [0.4, 0.5) is 13.2 Å². The third kappa shape index (κ3) is 6.69. The second-order valence-corrected chi connectivity index (χ2v) is 6.65. The summed E-state index contributed by atoms with van der Waals surface area (Å²) in [7, 11) is 1.46. The van der Waals surface area contributed by atoms with Gasteiger partial charge in [-0.25, -0.2) is 0 Å². The molecule has 1 amide bonds. The van der Waals surface area contributed by atoms with E-state index in [0.717, 1.165) is 0 Å². The average Bonchev–Trinajstić information content (AvgIpc) is 2.60. The first-order valence-electron chi connectivity index (χ1n) is 7.38. The lowest BCUT2D eigenvalue weighted by Crippen LogP contribution is -2.27. The van der Waals surface area contributed by atoms with E-state index in [1.807, 2.05) is 0 Å². The van der Waals surface area contributed by atoms with Gasteiger partial charge in [-0.3, -0.25) is 10.2 Å². The molecular weight excluding hydrogens is 405 g/mol. The van der Waals surface area contributed by atoms with Crippen LogP contribution in [0.5, 0.6) is 5.75 Å². The van der Waals surface area contributed by atoms with Crippen molar-refractivity contribution < 1.29 is 27.4 Å². The molecule has 0 atom stereocenters. The van der Waals surface area contributed by atoms with E-state index in [0.29, 0.717) is 16.3 Å². The Bertz CT molecular complexity index is 829. The van der Waals surface area contributed by atoms with Crippen molar-refractivity contribution in [2.75, 3.05) is 13.8 Å². The maximum absolute atomic E-state index is 12.3. The Hall–Kier alpha value is -2.39. The first-order valence-corrected chi connectivity index (χ1v) is 8.57. The molecule has 0 heterocycles. The molecule has 2 N–H and O–H groups in total. The number of amides is 1. The fourth-order valence-corrected chi connectivity index (χ4v) is 2.74. The van der Waals surface area contributed by atoms with Crippen LogP contribution in [0, 0.1) is 5.41 Å². The summed E-state index contributed by atoms with van der Waals surface area (Å²) < 4.78 is 47.1. The lowest BCUT2D eigenvalue weighted by Gasteiger charge is -2.11. The van der Waals surface area contributed by atoms with Gasteiger partial charge in [0.1, 0.15) is 5.75 Å². The summed E-state index contributed by atoms with van der Waals surface area (Å²) in [6, 6.07) is 9.58. The van der Waals surface area contributed by atoms with Crippen LogP contribution in [0.15, 0.2) is 47.4 Å². The number of hydrogen-bond donors (Lipinski definition) is 2. The van der Waals surface area contributed by atoms with E-state index in [4.69, 9.17) is 26.5 Å². The van der Waals surface area contributed by atoms with Gasteiger partial charge in [0.15, 0.2) is 6.73 Å². The highest BCUT2D eigenvalue weighted by molar-refractivity contribution is 8.00. The molecule has 0 saturated carbocycles. The predicted octanol–water partition coefficient (Wildman–Crippen LogP) is 4.69. The quantitative estimate of drug-likeness (QED) is 0.309. The molecule has 0 saturated heterocycles. The second kappa shape index (κ2) is 9.01. The SMILES string of the molecule is COc1cc(Cl)cc(C(=N)OCNC(=O)c2ccc(SC(F)(F)F)cc2)c1. The second-order valence-electron chi connectivity index (χ2n) is 5.08. The van der Waals surface area contributed by atoms with Gasteiger partial charge in [0.25, 0.3) is 5.91 Å². The van der Waals surface area contributed by atoms with Gasteiger partial charge in [-0.1, -0.05) is 11.6 Å². The molecule has 0 aliphatic rings. The molecule has 0 fully saturated rings. The lowest BCUT2D eigenvalue weighted by atomic mass is 10.2. The van der Waals surface area contributed by atoms with Gasteiger partial charge < -0.3 is 14.8 Å². The van der Waals surface area contributed by atoms with Crippen LogP contribution in [-0.2, 0) is 4.74 Å². The number of benzene rings is 2. The molecule has 10 heteroatoms. The molecule has 0 aliphatic carbocycles. The fraction of sp³-hybridized carbons (Fsp3) is 0.176. The van der Waals surface area contributed by atoms with Gasteiger partial charge in [0.2, 0.25) is 5.90 Å². The van der Waals surface area contributed by atoms with Crippen molar-refractivity contribution in [1.29, 1.82) is 5.41 Å². The zero-order valence-corrected chi connectivity index (χ0v) is 15.5. The van der Waals surface area contributed by atoms with E-state index in [-0.39, 0.29) is 34.8 Å². The normalized spacial score (nSPS) is 11.0. The number of thioether (sulfide) groups is 1. The van der Waals surface area contributed by atoms with E-state index in [2.05, 4.69) is 5.32 Å². The summed E-state index contributed by atoms with van der Waals surface area (Å²) >= 11 is 5.66. The third-order valence-electron chi connectivity index (χ3n) is 3.17. The molecule has 0 radical (unpaired) electrons. The van der Waals surface area contributed by atoms with Gasteiger partial charge in [-0.2, -0.15) is 13.2 Å². The molecule has 2 aromatic rings. The number of halogens is 4. The largest absolute Gasteiger partial charge is 0.497 e. The van der Waals surface area contributed by atoms with E-state index in [9.17, 15) is 18.0 Å². The summed E-state index contributed by atoms with van der Waals surface area (Å²) in [5, 5.41) is 10.6. The lowest BCUT2D eigenvalue weighted by molar-refractivity contribution is -0.0328. The molecule has 0 unspecified atom stereocenters. The molecule has 0 aromatic heterocycles. The van der Waals surface area contributed by atoms with Crippen LogP contribution in [0.3, 0.4) is 0 Å². The third-order valence-corrected chi connectivity index (χ3v) is 4.13. The van der Waals surface area contributed by atoms with Crippen LogP contribution in [0.25, 0.3) is 0 Å². The van der Waals surface area contributed by atoms with E-state index >= 15 is 0 Å². The summed E-state index contributed by atoms with van der Waals surface area (Å²) in [6.45, 7) is -0.300. The van der Waals surface area contributed by atoms with Crippen molar-refractivity contribution in [3.63, 3.8) is 0 Å². The maximum atomic E-state index is 12.3. The minimum Gasteiger partial charge on any atom is -0.497 e. The minimum absolute atomic E-state index is 0.0213. The molecule has 0 aliphatic heterocycles. The van der Waals surface area contributed by atoms with E-state index < -0.39 is 11.4 Å². The first-order chi connectivity index (χ1) is 12.7. The molecule has 27 heavy (non-hydrogen) atoms. The van der Waals surface area contributed by atoms with Crippen LogP contribution < -0.4 is 10.1 Å². The van der Waals surface area contributed by atoms with Crippen LogP contribution in [0.1, 0.15) is 15.9 Å². The Kier molecular flexibility index (Phi) is 6.98. The van der Waals surface area contributed by atoms with Gasteiger partial charge >= 0.3 is 5.51 Å². The predicted molar refractivity (Wildman–Crippen MR) is 96.6 cm³/mol. The number of nitrogens with one attached hydrogen (secondary N) is 2. The van der Waals surface area contributed by atoms with Crippen molar-refractivity contribution in [3.8, 4) is 5.75 Å². The Balaban J connectivity index is 1.88. The van der Waals surface area contributed by atoms with Crippen LogP contribution >= 0.6 is 23.4 Å². The number of alkyl halides is 3. The van der Waals surface area contributed by atoms with Crippen molar-refractivity contribution in [2.24, 2.45) is 0 Å². The van der Waals surface area contributed by atoms with Crippen molar-refractivity contribution in [2.45, 2.75) is 10.4 Å². The van der Waals surface area contributed by atoms with E-state index in [1.54, 1.807) is 12.1 Å². The average molecular weight is 419 g/mol. The first kappa shape index (κ1) is 20.9. The Morgan fingerprint density at radius 2 is 1.85 bits per heavy atom. The molecule has 0 spiro atoms. The van der Waals surface area contributed by atoms with Crippen molar-refractivity contribution >= 4 is 35.2 Å². The summed E-state index contributed by atoms with van der Waals surface area (Å²) in [4.78, 5) is 12.0.